The molecule has 0 saturated carbocycles. The highest BCUT2D eigenvalue weighted by molar-refractivity contribution is 6.30. The third-order valence-electron chi connectivity index (χ3n) is 5.17. The van der Waals surface area contributed by atoms with Gasteiger partial charge in [-0.1, -0.05) is 43.6 Å². The van der Waals surface area contributed by atoms with Crippen molar-refractivity contribution in [2.45, 2.75) is 27.3 Å². The SMILES string of the molecule is Cc1nc2c(c(=O)n1CC(C)C)c1nc3ccccc3nc1n2-c1cccc(Cl)c1. The number of benzene rings is 2. The van der Waals surface area contributed by atoms with E-state index in [0.29, 0.717) is 45.5 Å². The third-order valence-corrected chi connectivity index (χ3v) is 5.40. The smallest absolute Gasteiger partial charge is 0.265 e. The fourth-order valence-corrected chi connectivity index (χ4v) is 4.06. The largest absolute Gasteiger partial charge is 0.296 e. The van der Waals surface area contributed by atoms with Crippen LogP contribution in [0.3, 0.4) is 0 Å². The molecule has 150 valence electrons. The topological polar surface area (TPSA) is 65.6 Å². The highest BCUT2D eigenvalue weighted by atomic mass is 35.5. The summed E-state index contributed by atoms with van der Waals surface area (Å²) < 4.78 is 3.61. The lowest BCUT2D eigenvalue weighted by molar-refractivity contribution is 0.498. The lowest BCUT2D eigenvalue weighted by Crippen LogP contribution is -2.26. The normalized spacial score (nSPS) is 11.9. The molecule has 6 nitrogen and oxygen atoms in total. The summed E-state index contributed by atoms with van der Waals surface area (Å²) in [6.07, 6.45) is 0. The van der Waals surface area contributed by atoms with Gasteiger partial charge in [-0.2, -0.15) is 0 Å². The molecule has 5 aromatic rings. The quantitative estimate of drug-likeness (QED) is 0.418. The van der Waals surface area contributed by atoms with E-state index in [9.17, 15) is 4.79 Å². The van der Waals surface area contributed by atoms with Crippen molar-refractivity contribution in [1.29, 1.82) is 0 Å². The number of halogens is 1. The van der Waals surface area contributed by atoms with Crippen molar-refractivity contribution in [1.82, 2.24) is 24.1 Å². The van der Waals surface area contributed by atoms with E-state index in [4.69, 9.17) is 26.6 Å². The minimum absolute atomic E-state index is 0.0958. The Kier molecular flexibility index (Phi) is 4.33. The van der Waals surface area contributed by atoms with Crippen molar-refractivity contribution >= 4 is 44.8 Å². The maximum absolute atomic E-state index is 13.6. The molecule has 0 N–H and O–H groups in total. The second kappa shape index (κ2) is 6.92. The fraction of sp³-hybridized carbons (Fsp3) is 0.217. The van der Waals surface area contributed by atoms with Crippen molar-refractivity contribution in [3.8, 4) is 5.69 Å². The molecule has 0 radical (unpaired) electrons. The van der Waals surface area contributed by atoms with Gasteiger partial charge in [0.25, 0.3) is 5.56 Å². The summed E-state index contributed by atoms with van der Waals surface area (Å²) in [4.78, 5) is 28.1. The lowest BCUT2D eigenvalue weighted by Gasteiger charge is -2.12. The van der Waals surface area contributed by atoms with Crippen LogP contribution in [0.15, 0.2) is 53.3 Å². The predicted molar refractivity (Wildman–Crippen MR) is 121 cm³/mol. The van der Waals surface area contributed by atoms with Gasteiger partial charge in [-0.25, -0.2) is 15.0 Å². The summed E-state index contributed by atoms with van der Waals surface area (Å²) in [5.41, 5.74) is 3.89. The molecule has 0 spiro atoms. The minimum Gasteiger partial charge on any atom is -0.296 e. The van der Waals surface area contributed by atoms with Crippen LogP contribution in [0.1, 0.15) is 19.7 Å². The molecule has 2 aromatic carbocycles. The molecular formula is C23H20ClN5O. The Morgan fingerprint density at radius 1 is 0.967 bits per heavy atom. The Bertz CT molecular complexity index is 1500. The average Bonchev–Trinajstić information content (AvgIpc) is 3.02. The molecule has 0 fully saturated rings. The van der Waals surface area contributed by atoms with E-state index < -0.39 is 0 Å². The van der Waals surface area contributed by atoms with Gasteiger partial charge in [-0.15, -0.1) is 0 Å². The van der Waals surface area contributed by atoms with Crippen molar-refractivity contribution in [2.75, 3.05) is 0 Å². The number of para-hydroxylation sites is 2. The number of nitrogens with zero attached hydrogens (tertiary/aromatic N) is 5. The molecule has 0 aliphatic rings. The average molecular weight is 418 g/mol. The summed E-state index contributed by atoms with van der Waals surface area (Å²) in [5, 5.41) is 1.08. The van der Waals surface area contributed by atoms with Gasteiger partial charge in [0, 0.05) is 11.6 Å². The predicted octanol–water partition coefficient (Wildman–Crippen LogP) is 4.90. The first-order valence-corrected chi connectivity index (χ1v) is 10.3. The highest BCUT2D eigenvalue weighted by Gasteiger charge is 2.22. The molecule has 0 bridgehead atoms. The second-order valence-corrected chi connectivity index (χ2v) is 8.30. The summed E-state index contributed by atoms with van der Waals surface area (Å²) in [5.74, 6) is 0.977. The molecule has 0 amide bonds. The number of hydrogen-bond acceptors (Lipinski definition) is 4. The zero-order chi connectivity index (χ0) is 21.0. The molecule has 30 heavy (non-hydrogen) atoms. The Hall–Kier alpha value is -3.25. The Morgan fingerprint density at radius 3 is 2.40 bits per heavy atom. The monoisotopic (exact) mass is 417 g/mol. The van der Waals surface area contributed by atoms with Gasteiger partial charge in [0.15, 0.2) is 11.3 Å². The van der Waals surface area contributed by atoms with E-state index in [1.165, 1.54) is 0 Å². The van der Waals surface area contributed by atoms with E-state index in [1.807, 2.05) is 60.0 Å². The van der Waals surface area contributed by atoms with Gasteiger partial charge in [0.05, 0.1) is 16.7 Å². The number of aryl methyl sites for hydroxylation is 1. The van der Waals surface area contributed by atoms with Gasteiger partial charge in [0.2, 0.25) is 0 Å². The van der Waals surface area contributed by atoms with Crippen LogP contribution in [-0.4, -0.2) is 24.1 Å². The van der Waals surface area contributed by atoms with Crippen LogP contribution < -0.4 is 5.56 Å². The fourth-order valence-electron chi connectivity index (χ4n) is 3.87. The van der Waals surface area contributed by atoms with E-state index in [1.54, 1.807) is 4.57 Å². The summed E-state index contributed by atoms with van der Waals surface area (Å²) in [6.45, 7) is 6.62. The first-order chi connectivity index (χ1) is 14.4. The number of rotatable bonds is 3. The van der Waals surface area contributed by atoms with Gasteiger partial charge >= 0.3 is 0 Å². The molecule has 3 heterocycles. The van der Waals surface area contributed by atoms with Crippen molar-refractivity contribution < 1.29 is 0 Å². The summed E-state index contributed by atoms with van der Waals surface area (Å²) in [6, 6.07) is 15.1. The van der Waals surface area contributed by atoms with Crippen LogP contribution in [0, 0.1) is 12.8 Å². The van der Waals surface area contributed by atoms with Crippen LogP contribution in [0.2, 0.25) is 5.02 Å². The molecule has 0 atom stereocenters. The highest BCUT2D eigenvalue weighted by Crippen LogP contribution is 2.29. The molecule has 7 heteroatoms. The second-order valence-electron chi connectivity index (χ2n) is 7.87. The van der Waals surface area contributed by atoms with Crippen LogP contribution in [0.5, 0.6) is 0 Å². The zero-order valence-corrected chi connectivity index (χ0v) is 17.7. The van der Waals surface area contributed by atoms with Crippen LogP contribution >= 0.6 is 11.6 Å². The van der Waals surface area contributed by atoms with Crippen molar-refractivity contribution in [3.63, 3.8) is 0 Å². The van der Waals surface area contributed by atoms with Gasteiger partial charge in [-0.3, -0.25) is 13.9 Å². The number of aromatic nitrogens is 5. The van der Waals surface area contributed by atoms with Gasteiger partial charge in [0.1, 0.15) is 16.7 Å². The van der Waals surface area contributed by atoms with Gasteiger partial charge < -0.3 is 0 Å². The summed E-state index contributed by atoms with van der Waals surface area (Å²) >= 11 is 6.27. The standard InChI is InChI=1S/C23H20ClN5O/c1-13(2)12-28-14(3)25-21-19(23(28)30)20-22(27-18-10-5-4-9-17(18)26-20)29(21)16-8-6-7-15(24)11-16/h4-11,13H,12H2,1-3H3. The maximum atomic E-state index is 13.6. The van der Waals surface area contributed by atoms with E-state index in [0.717, 1.165) is 16.7 Å². The zero-order valence-electron chi connectivity index (χ0n) is 16.9. The maximum Gasteiger partial charge on any atom is 0.265 e. The van der Waals surface area contributed by atoms with E-state index in [-0.39, 0.29) is 5.56 Å². The summed E-state index contributed by atoms with van der Waals surface area (Å²) in [7, 11) is 0. The van der Waals surface area contributed by atoms with Crippen LogP contribution in [0.25, 0.3) is 38.9 Å². The first kappa shape index (κ1) is 18.8. The lowest BCUT2D eigenvalue weighted by atomic mass is 10.2. The van der Waals surface area contributed by atoms with Crippen LogP contribution in [0.4, 0.5) is 0 Å². The Morgan fingerprint density at radius 2 is 1.70 bits per heavy atom. The molecular weight excluding hydrogens is 398 g/mol. The molecule has 0 aliphatic carbocycles. The Labute approximate surface area is 177 Å². The molecule has 5 rings (SSSR count). The molecule has 3 aromatic heterocycles. The third kappa shape index (κ3) is 2.87. The molecule has 0 aliphatic heterocycles. The number of fused-ring (bicyclic) bond motifs is 4. The Balaban J connectivity index is 2.00. The number of hydrogen-bond donors (Lipinski definition) is 0. The van der Waals surface area contributed by atoms with Gasteiger partial charge in [-0.05, 0) is 43.2 Å². The molecule has 0 saturated heterocycles. The van der Waals surface area contributed by atoms with E-state index >= 15 is 0 Å². The first-order valence-electron chi connectivity index (χ1n) is 9.88. The van der Waals surface area contributed by atoms with Crippen molar-refractivity contribution in [2.24, 2.45) is 5.92 Å². The minimum atomic E-state index is -0.0958. The van der Waals surface area contributed by atoms with E-state index in [2.05, 4.69) is 13.8 Å². The molecule has 0 unspecified atom stereocenters. The van der Waals surface area contributed by atoms with Crippen LogP contribution in [-0.2, 0) is 6.54 Å². The van der Waals surface area contributed by atoms with Crippen molar-refractivity contribution in [3.05, 3.63) is 69.7 Å².